The lowest BCUT2D eigenvalue weighted by atomic mass is 10.2. The normalized spacial score (nSPS) is 10.7. The van der Waals surface area contributed by atoms with Crippen molar-refractivity contribution in [2.45, 2.75) is 13.3 Å². The van der Waals surface area contributed by atoms with Crippen molar-refractivity contribution in [3.63, 3.8) is 0 Å². The van der Waals surface area contributed by atoms with Gasteiger partial charge in [0.1, 0.15) is 11.5 Å². The van der Waals surface area contributed by atoms with E-state index in [-0.39, 0.29) is 0 Å². The standard InChI is InChI=1S/C15H14N2O/c1-2-12-8-11-5-6-13(9-15(11)17-12)18-14-4-3-7-16-10-14/h3-10,17H,2H2,1H3. The smallest absolute Gasteiger partial charge is 0.145 e. The number of hydrogen-bond acceptors (Lipinski definition) is 2. The third-order valence-corrected chi connectivity index (χ3v) is 2.90. The summed E-state index contributed by atoms with van der Waals surface area (Å²) in [5.41, 5.74) is 2.34. The average molecular weight is 238 g/mol. The van der Waals surface area contributed by atoms with E-state index in [9.17, 15) is 0 Å². The molecular weight excluding hydrogens is 224 g/mol. The molecule has 1 N–H and O–H groups in total. The summed E-state index contributed by atoms with van der Waals surface area (Å²) in [4.78, 5) is 7.40. The number of benzene rings is 1. The number of nitrogens with zero attached hydrogens (tertiary/aromatic N) is 1. The maximum Gasteiger partial charge on any atom is 0.145 e. The molecule has 0 spiro atoms. The topological polar surface area (TPSA) is 37.9 Å². The summed E-state index contributed by atoms with van der Waals surface area (Å²) in [7, 11) is 0. The number of rotatable bonds is 3. The molecule has 18 heavy (non-hydrogen) atoms. The van der Waals surface area contributed by atoms with E-state index in [1.165, 1.54) is 11.1 Å². The van der Waals surface area contributed by atoms with Crippen LogP contribution in [0.3, 0.4) is 0 Å². The molecule has 0 unspecified atom stereocenters. The van der Waals surface area contributed by atoms with Gasteiger partial charge in [-0.1, -0.05) is 6.92 Å². The Labute approximate surface area is 105 Å². The molecule has 3 aromatic rings. The van der Waals surface area contributed by atoms with Crippen LogP contribution in [0.25, 0.3) is 10.9 Å². The van der Waals surface area contributed by atoms with E-state index in [4.69, 9.17) is 4.74 Å². The van der Waals surface area contributed by atoms with Crippen LogP contribution in [0.5, 0.6) is 11.5 Å². The zero-order valence-electron chi connectivity index (χ0n) is 10.2. The number of fused-ring (bicyclic) bond motifs is 1. The fourth-order valence-corrected chi connectivity index (χ4v) is 1.96. The van der Waals surface area contributed by atoms with E-state index in [2.05, 4.69) is 29.0 Å². The minimum Gasteiger partial charge on any atom is -0.456 e. The predicted octanol–water partition coefficient (Wildman–Crippen LogP) is 3.92. The molecule has 2 heterocycles. The van der Waals surface area contributed by atoms with E-state index < -0.39 is 0 Å². The van der Waals surface area contributed by atoms with Crippen LogP contribution in [0.1, 0.15) is 12.6 Å². The molecular formula is C15H14N2O. The van der Waals surface area contributed by atoms with Crippen molar-refractivity contribution in [2.24, 2.45) is 0 Å². The quantitative estimate of drug-likeness (QED) is 0.751. The van der Waals surface area contributed by atoms with Crippen LogP contribution in [0.2, 0.25) is 0 Å². The Morgan fingerprint density at radius 1 is 1.17 bits per heavy atom. The molecule has 0 saturated carbocycles. The van der Waals surface area contributed by atoms with Gasteiger partial charge in [0.15, 0.2) is 0 Å². The first-order chi connectivity index (χ1) is 8.85. The van der Waals surface area contributed by atoms with Gasteiger partial charge in [-0.15, -0.1) is 0 Å². The number of aromatic nitrogens is 2. The van der Waals surface area contributed by atoms with Gasteiger partial charge in [-0.3, -0.25) is 4.98 Å². The number of H-pyrrole nitrogens is 1. The Morgan fingerprint density at radius 2 is 2.11 bits per heavy atom. The molecule has 0 aliphatic heterocycles. The first-order valence-electron chi connectivity index (χ1n) is 6.04. The first kappa shape index (κ1) is 10.8. The number of aryl methyl sites for hydroxylation is 1. The van der Waals surface area contributed by atoms with Crippen LogP contribution < -0.4 is 4.74 Å². The van der Waals surface area contributed by atoms with Crippen LogP contribution in [0.4, 0.5) is 0 Å². The first-order valence-corrected chi connectivity index (χ1v) is 6.04. The summed E-state index contributed by atoms with van der Waals surface area (Å²) in [5.74, 6) is 1.57. The van der Waals surface area contributed by atoms with Crippen molar-refractivity contribution in [3.8, 4) is 11.5 Å². The zero-order valence-corrected chi connectivity index (χ0v) is 10.2. The van der Waals surface area contributed by atoms with Gasteiger partial charge in [0.05, 0.1) is 6.20 Å². The third kappa shape index (κ3) is 2.07. The molecule has 0 atom stereocenters. The Morgan fingerprint density at radius 3 is 2.89 bits per heavy atom. The van der Waals surface area contributed by atoms with Gasteiger partial charge in [0.2, 0.25) is 0 Å². The van der Waals surface area contributed by atoms with E-state index >= 15 is 0 Å². The minimum absolute atomic E-state index is 0.749. The lowest BCUT2D eigenvalue weighted by molar-refractivity contribution is 0.481. The lowest BCUT2D eigenvalue weighted by Crippen LogP contribution is -1.84. The van der Waals surface area contributed by atoms with Crippen LogP contribution in [0.15, 0.2) is 48.8 Å². The maximum absolute atomic E-state index is 5.75. The molecule has 90 valence electrons. The summed E-state index contributed by atoms with van der Waals surface area (Å²) < 4.78 is 5.75. The summed E-state index contributed by atoms with van der Waals surface area (Å²) in [6.45, 7) is 2.14. The molecule has 0 bridgehead atoms. The number of pyridine rings is 1. The highest BCUT2D eigenvalue weighted by atomic mass is 16.5. The number of ether oxygens (including phenoxy) is 1. The monoisotopic (exact) mass is 238 g/mol. The SMILES string of the molecule is CCc1cc2ccc(Oc3cccnc3)cc2[nH]1. The molecule has 0 amide bonds. The Hall–Kier alpha value is -2.29. The summed E-state index contributed by atoms with van der Waals surface area (Å²) >= 11 is 0. The van der Waals surface area contributed by atoms with Gasteiger partial charge in [0, 0.05) is 23.5 Å². The highest BCUT2D eigenvalue weighted by molar-refractivity contribution is 5.81. The van der Waals surface area contributed by atoms with Crippen molar-refractivity contribution >= 4 is 10.9 Å². The highest BCUT2D eigenvalue weighted by Gasteiger charge is 2.02. The van der Waals surface area contributed by atoms with E-state index in [1.807, 2.05) is 24.3 Å². The second-order valence-electron chi connectivity index (χ2n) is 4.19. The van der Waals surface area contributed by atoms with Crippen LogP contribution in [0, 0.1) is 0 Å². The fraction of sp³-hybridized carbons (Fsp3) is 0.133. The maximum atomic E-state index is 5.75. The van der Waals surface area contributed by atoms with Crippen LogP contribution >= 0.6 is 0 Å². The van der Waals surface area contributed by atoms with Gasteiger partial charge < -0.3 is 9.72 Å². The largest absolute Gasteiger partial charge is 0.456 e. The number of aromatic amines is 1. The van der Waals surface area contributed by atoms with Crippen molar-refractivity contribution in [1.82, 2.24) is 9.97 Å². The molecule has 0 radical (unpaired) electrons. The van der Waals surface area contributed by atoms with Gasteiger partial charge in [-0.05, 0) is 42.1 Å². The Balaban J connectivity index is 1.93. The number of hydrogen-bond donors (Lipinski definition) is 1. The number of nitrogens with one attached hydrogen (secondary N) is 1. The molecule has 0 saturated heterocycles. The van der Waals surface area contributed by atoms with Crippen molar-refractivity contribution in [3.05, 3.63) is 54.5 Å². The van der Waals surface area contributed by atoms with E-state index in [0.29, 0.717) is 0 Å². The average Bonchev–Trinajstić information content (AvgIpc) is 2.82. The molecule has 2 aromatic heterocycles. The zero-order chi connectivity index (χ0) is 12.4. The fourth-order valence-electron chi connectivity index (χ4n) is 1.96. The van der Waals surface area contributed by atoms with Gasteiger partial charge >= 0.3 is 0 Å². The summed E-state index contributed by atoms with van der Waals surface area (Å²) in [6, 6.07) is 12.0. The molecule has 3 rings (SSSR count). The second-order valence-corrected chi connectivity index (χ2v) is 4.19. The molecule has 3 nitrogen and oxygen atoms in total. The molecule has 0 aliphatic carbocycles. The van der Waals surface area contributed by atoms with E-state index in [1.54, 1.807) is 12.4 Å². The third-order valence-electron chi connectivity index (χ3n) is 2.90. The van der Waals surface area contributed by atoms with Gasteiger partial charge in [-0.2, -0.15) is 0 Å². The van der Waals surface area contributed by atoms with Gasteiger partial charge in [-0.25, -0.2) is 0 Å². The minimum atomic E-state index is 0.749. The molecule has 3 heteroatoms. The van der Waals surface area contributed by atoms with Crippen molar-refractivity contribution in [1.29, 1.82) is 0 Å². The molecule has 0 fully saturated rings. The van der Waals surface area contributed by atoms with Crippen LogP contribution in [-0.2, 0) is 6.42 Å². The van der Waals surface area contributed by atoms with E-state index in [0.717, 1.165) is 23.4 Å². The van der Waals surface area contributed by atoms with Crippen molar-refractivity contribution < 1.29 is 4.74 Å². The molecule has 0 aliphatic rings. The molecule has 1 aromatic carbocycles. The lowest BCUT2D eigenvalue weighted by Gasteiger charge is -2.04. The van der Waals surface area contributed by atoms with Gasteiger partial charge in [0.25, 0.3) is 0 Å². The highest BCUT2D eigenvalue weighted by Crippen LogP contribution is 2.25. The van der Waals surface area contributed by atoms with Crippen LogP contribution in [-0.4, -0.2) is 9.97 Å². The Kier molecular flexibility index (Phi) is 2.73. The second kappa shape index (κ2) is 4.53. The Bertz CT molecular complexity index is 659. The summed E-state index contributed by atoms with van der Waals surface area (Å²) in [5, 5.41) is 1.21. The summed E-state index contributed by atoms with van der Waals surface area (Å²) in [6.07, 6.45) is 4.44. The van der Waals surface area contributed by atoms with Crippen molar-refractivity contribution in [2.75, 3.05) is 0 Å². The predicted molar refractivity (Wildman–Crippen MR) is 72.0 cm³/mol.